The summed E-state index contributed by atoms with van der Waals surface area (Å²) in [6, 6.07) is 5.99. The maximum Gasteiger partial charge on any atom is 0.421 e. The molecule has 0 aliphatic heterocycles. The van der Waals surface area contributed by atoms with Crippen molar-refractivity contribution in [1.82, 2.24) is 15.3 Å². The molecule has 0 bridgehead atoms. The lowest BCUT2D eigenvalue weighted by Crippen LogP contribution is -2.27. The molecule has 6 nitrogen and oxygen atoms in total. The highest BCUT2D eigenvalue weighted by Gasteiger charge is 2.35. The number of carbonyl (C=O) groups excluding carboxylic acids is 1. The van der Waals surface area contributed by atoms with Gasteiger partial charge in [0.1, 0.15) is 17.2 Å². The zero-order chi connectivity index (χ0) is 19.2. The Labute approximate surface area is 147 Å². The second-order valence-corrected chi connectivity index (χ2v) is 5.31. The van der Waals surface area contributed by atoms with Crippen molar-refractivity contribution in [2.45, 2.75) is 19.6 Å². The van der Waals surface area contributed by atoms with E-state index in [0.717, 1.165) is 0 Å². The van der Waals surface area contributed by atoms with Crippen LogP contribution in [0.4, 0.5) is 29.3 Å². The minimum atomic E-state index is -4.64. The number of amides is 1. The average Bonchev–Trinajstić information content (AvgIpc) is 2.57. The van der Waals surface area contributed by atoms with Crippen molar-refractivity contribution in [3.63, 3.8) is 0 Å². The molecule has 1 heterocycles. The van der Waals surface area contributed by atoms with Gasteiger partial charge in [0.15, 0.2) is 0 Å². The molecule has 3 N–H and O–H groups in total. The van der Waals surface area contributed by atoms with Crippen molar-refractivity contribution in [3.8, 4) is 0 Å². The van der Waals surface area contributed by atoms with Gasteiger partial charge in [-0.15, -0.1) is 0 Å². The quantitative estimate of drug-likeness (QED) is 0.515. The molecule has 1 aromatic carbocycles. The third kappa shape index (κ3) is 5.57. The Bertz CT molecular complexity index is 767. The molecule has 0 aliphatic rings. The summed E-state index contributed by atoms with van der Waals surface area (Å²) in [6.45, 7) is 1.50. The number of alkyl halides is 3. The number of carbonyl (C=O) groups is 1. The van der Waals surface area contributed by atoms with Crippen LogP contribution in [0.3, 0.4) is 0 Å². The molecule has 0 atom stereocenters. The topological polar surface area (TPSA) is 78.9 Å². The Morgan fingerprint density at radius 1 is 1.15 bits per heavy atom. The standard InChI is InChI=1S/C16H17F4N5O/c1-10(26)21-6-7-22-14-12(16(18,19)20)9-24-15(25-14)23-8-11-4-2-3-5-13(11)17/h2-5,9H,6-8H2,1H3,(H,21,26)(H2,22,23,24,25). The molecular formula is C16H17F4N5O. The van der Waals surface area contributed by atoms with Crippen molar-refractivity contribution in [3.05, 3.63) is 47.4 Å². The summed E-state index contributed by atoms with van der Waals surface area (Å²) in [4.78, 5) is 18.2. The Balaban J connectivity index is 2.11. The molecule has 1 amide bonds. The van der Waals surface area contributed by atoms with Crippen molar-refractivity contribution >= 4 is 17.7 Å². The van der Waals surface area contributed by atoms with Gasteiger partial charge >= 0.3 is 6.18 Å². The zero-order valence-corrected chi connectivity index (χ0v) is 13.8. The van der Waals surface area contributed by atoms with E-state index in [-0.39, 0.29) is 31.5 Å². The maximum atomic E-state index is 13.6. The summed E-state index contributed by atoms with van der Waals surface area (Å²) >= 11 is 0. The molecule has 1 aromatic heterocycles. The van der Waals surface area contributed by atoms with Crippen molar-refractivity contribution in [2.24, 2.45) is 0 Å². The van der Waals surface area contributed by atoms with Crippen LogP contribution in [0, 0.1) is 5.82 Å². The number of rotatable bonds is 7. The molecule has 26 heavy (non-hydrogen) atoms. The van der Waals surface area contributed by atoms with E-state index in [1.807, 2.05) is 0 Å². The summed E-state index contributed by atoms with van der Waals surface area (Å²) in [6.07, 6.45) is -3.99. The first-order valence-electron chi connectivity index (χ1n) is 7.67. The van der Waals surface area contributed by atoms with Crippen LogP contribution in [0.15, 0.2) is 30.5 Å². The van der Waals surface area contributed by atoms with E-state index in [0.29, 0.717) is 11.8 Å². The number of anilines is 2. The lowest BCUT2D eigenvalue weighted by atomic mass is 10.2. The van der Waals surface area contributed by atoms with Crippen LogP contribution in [-0.2, 0) is 17.5 Å². The molecule has 0 saturated carbocycles. The van der Waals surface area contributed by atoms with E-state index < -0.39 is 23.4 Å². The SMILES string of the molecule is CC(=O)NCCNc1nc(NCc2ccccc2F)ncc1C(F)(F)F. The first kappa shape index (κ1) is 19.4. The van der Waals surface area contributed by atoms with Gasteiger partial charge in [0.2, 0.25) is 11.9 Å². The van der Waals surface area contributed by atoms with Crippen LogP contribution in [0.2, 0.25) is 0 Å². The first-order chi connectivity index (χ1) is 12.3. The Morgan fingerprint density at radius 2 is 1.88 bits per heavy atom. The van der Waals surface area contributed by atoms with Gasteiger partial charge in [-0.3, -0.25) is 4.79 Å². The Kier molecular flexibility index (Phi) is 6.31. The zero-order valence-electron chi connectivity index (χ0n) is 13.8. The lowest BCUT2D eigenvalue weighted by molar-refractivity contribution is -0.137. The van der Waals surface area contributed by atoms with E-state index in [1.165, 1.54) is 19.1 Å². The molecule has 2 rings (SSSR count). The van der Waals surface area contributed by atoms with Crippen molar-refractivity contribution in [1.29, 1.82) is 0 Å². The van der Waals surface area contributed by atoms with Gasteiger partial charge in [-0.2, -0.15) is 18.2 Å². The smallest absolute Gasteiger partial charge is 0.368 e. The fourth-order valence-corrected chi connectivity index (χ4v) is 2.04. The van der Waals surface area contributed by atoms with E-state index >= 15 is 0 Å². The van der Waals surface area contributed by atoms with E-state index in [2.05, 4.69) is 25.9 Å². The van der Waals surface area contributed by atoms with Gasteiger partial charge in [0, 0.05) is 38.3 Å². The van der Waals surface area contributed by atoms with Gasteiger partial charge in [0.05, 0.1) is 0 Å². The van der Waals surface area contributed by atoms with Gasteiger partial charge in [0.25, 0.3) is 0 Å². The van der Waals surface area contributed by atoms with Crippen LogP contribution < -0.4 is 16.0 Å². The number of benzene rings is 1. The van der Waals surface area contributed by atoms with E-state index in [4.69, 9.17) is 0 Å². The van der Waals surface area contributed by atoms with Crippen LogP contribution in [0.5, 0.6) is 0 Å². The summed E-state index contributed by atoms with van der Waals surface area (Å²) in [5.74, 6) is -1.24. The fourth-order valence-electron chi connectivity index (χ4n) is 2.04. The molecule has 0 fully saturated rings. The maximum absolute atomic E-state index is 13.6. The second kappa shape index (κ2) is 8.45. The number of nitrogens with zero attached hydrogens (tertiary/aromatic N) is 2. The summed E-state index contributed by atoms with van der Waals surface area (Å²) in [5.41, 5.74) is -0.701. The lowest BCUT2D eigenvalue weighted by Gasteiger charge is -2.15. The highest BCUT2D eigenvalue weighted by Crippen LogP contribution is 2.33. The van der Waals surface area contributed by atoms with Crippen molar-refractivity contribution in [2.75, 3.05) is 23.7 Å². The summed E-state index contributed by atoms with van der Waals surface area (Å²) in [5, 5.41) is 7.67. The molecule has 0 radical (unpaired) electrons. The third-order valence-electron chi connectivity index (χ3n) is 3.28. The number of hydrogen-bond donors (Lipinski definition) is 3. The molecule has 0 spiro atoms. The molecular weight excluding hydrogens is 354 g/mol. The minimum Gasteiger partial charge on any atom is -0.368 e. The minimum absolute atomic E-state index is 0.0172. The molecule has 0 saturated heterocycles. The Morgan fingerprint density at radius 3 is 2.54 bits per heavy atom. The second-order valence-electron chi connectivity index (χ2n) is 5.31. The van der Waals surface area contributed by atoms with Gasteiger partial charge in [-0.1, -0.05) is 18.2 Å². The van der Waals surface area contributed by atoms with Gasteiger partial charge < -0.3 is 16.0 Å². The highest BCUT2D eigenvalue weighted by molar-refractivity contribution is 5.72. The normalized spacial score (nSPS) is 11.1. The largest absolute Gasteiger partial charge is 0.421 e. The molecule has 0 aliphatic carbocycles. The van der Waals surface area contributed by atoms with E-state index in [9.17, 15) is 22.4 Å². The molecule has 140 valence electrons. The highest BCUT2D eigenvalue weighted by atomic mass is 19.4. The fraction of sp³-hybridized carbons (Fsp3) is 0.312. The molecule has 10 heteroatoms. The van der Waals surface area contributed by atoms with Crippen LogP contribution >= 0.6 is 0 Å². The molecule has 0 unspecified atom stereocenters. The van der Waals surface area contributed by atoms with Gasteiger partial charge in [-0.05, 0) is 6.07 Å². The van der Waals surface area contributed by atoms with Crippen LogP contribution in [0.25, 0.3) is 0 Å². The summed E-state index contributed by atoms with van der Waals surface area (Å²) < 4.78 is 52.8. The van der Waals surface area contributed by atoms with Gasteiger partial charge in [-0.25, -0.2) is 9.37 Å². The monoisotopic (exact) mass is 371 g/mol. The summed E-state index contributed by atoms with van der Waals surface area (Å²) in [7, 11) is 0. The molecule has 2 aromatic rings. The first-order valence-corrected chi connectivity index (χ1v) is 7.67. The number of aromatic nitrogens is 2. The third-order valence-corrected chi connectivity index (χ3v) is 3.28. The van der Waals surface area contributed by atoms with Crippen molar-refractivity contribution < 1.29 is 22.4 Å². The predicted molar refractivity (Wildman–Crippen MR) is 87.9 cm³/mol. The van der Waals surface area contributed by atoms with Crippen LogP contribution in [-0.4, -0.2) is 29.0 Å². The Hall–Kier alpha value is -2.91. The van der Waals surface area contributed by atoms with Crippen LogP contribution in [0.1, 0.15) is 18.1 Å². The number of halogens is 4. The number of nitrogens with one attached hydrogen (secondary N) is 3. The predicted octanol–water partition coefficient (Wildman–Crippen LogP) is 2.79. The van der Waals surface area contributed by atoms with E-state index in [1.54, 1.807) is 12.1 Å². The number of hydrogen-bond acceptors (Lipinski definition) is 5. The average molecular weight is 371 g/mol.